The fourth-order valence-corrected chi connectivity index (χ4v) is 0. The van der Waals surface area contributed by atoms with Gasteiger partial charge >= 0.3 is 65.0 Å². The smallest absolute Gasteiger partial charge is 0.907 e. The molecule has 0 radical (unpaired) electrons. The summed E-state index contributed by atoms with van der Waals surface area (Å²) in [5, 5.41) is 40.0. The maximum Gasteiger partial charge on any atom is 2.00 e. The predicted octanol–water partition coefficient (Wildman–Crippen LogP) is -5.50. The zero-order valence-electron chi connectivity index (χ0n) is 7.09. The zero-order valence-corrected chi connectivity index (χ0v) is 13.2. The molecule has 0 aromatic carbocycles. The first-order valence-electron chi connectivity index (χ1n) is 2.04. The van der Waals surface area contributed by atoms with Crippen molar-refractivity contribution in [3.8, 4) is 0 Å². The molecule has 0 spiro atoms. The molecule has 0 atom stereocenters. The molecule has 0 saturated heterocycles. The van der Waals surface area contributed by atoms with E-state index in [0.29, 0.717) is 0 Å². The van der Waals surface area contributed by atoms with Gasteiger partial charge in [0.15, 0.2) is 0 Å². The molecule has 3 N–H and O–H groups in total. The Bertz CT molecular complexity index is 154. The van der Waals surface area contributed by atoms with Crippen LogP contribution in [0.3, 0.4) is 0 Å². The van der Waals surface area contributed by atoms with Crippen LogP contribution in [0.2, 0.25) is 0 Å². The van der Waals surface area contributed by atoms with Crippen LogP contribution in [0.25, 0.3) is 0 Å². The molecule has 80 valence electrons. The second kappa shape index (κ2) is 17.5. The van der Waals surface area contributed by atoms with Gasteiger partial charge in [0, 0.05) is 0 Å². The van der Waals surface area contributed by atoms with Crippen molar-refractivity contribution in [2.45, 2.75) is 0 Å². The summed E-state index contributed by atoms with van der Waals surface area (Å²) in [6.45, 7) is 0. The van der Waals surface area contributed by atoms with Crippen molar-refractivity contribution in [3.63, 3.8) is 0 Å². The Labute approximate surface area is 126 Å². The summed E-state index contributed by atoms with van der Waals surface area (Å²) in [6.07, 6.45) is 0. The molecule has 0 bridgehead atoms. The average molecular weight is 324 g/mol. The molecule has 0 aromatic rings. The van der Waals surface area contributed by atoms with Gasteiger partial charge in [-0.15, -0.1) is 0 Å². The van der Waals surface area contributed by atoms with E-state index in [2.05, 4.69) is 0 Å². The van der Waals surface area contributed by atoms with Crippen molar-refractivity contribution < 1.29 is 58.9 Å². The average Bonchev–Trinajstić information content (AvgIpc) is 1.50. The molecule has 0 aliphatic carbocycles. The minimum Gasteiger partial charge on any atom is -0.907 e. The molecule has 0 aliphatic rings. The molecule has 0 saturated carbocycles. The summed E-state index contributed by atoms with van der Waals surface area (Å²) in [6, 6.07) is 0. The van der Waals surface area contributed by atoms with Gasteiger partial charge < -0.3 is 45.1 Å². The SMILES string of the molecule is O=P(O)(O)O.O=[N+]([O-])[O-].[Ca+2].[O-]B([O-])[O-].[Zn+2]. The van der Waals surface area contributed by atoms with Crippen molar-refractivity contribution in [1.82, 2.24) is 0 Å². The van der Waals surface area contributed by atoms with Gasteiger partial charge in [-0.1, -0.05) is 0 Å². The van der Waals surface area contributed by atoms with Crippen LogP contribution in [-0.4, -0.2) is 64.8 Å². The van der Waals surface area contributed by atoms with Gasteiger partial charge in [-0.2, -0.15) is 0 Å². The van der Waals surface area contributed by atoms with Crippen LogP contribution in [0.5, 0.6) is 0 Å². The van der Waals surface area contributed by atoms with Crippen LogP contribution in [0.1, 0.15) is 0 Å². The largest absolute Gasteiger partial charge is 2.00 e. The molecule has 15 heteroatoms. The quantitative estimate of drug-likeness (QED) is 0.166. The summed E-state index contributed by atoms with van der Waals surface area (Å²) >= 11 is 0. The normalized spacial score (nSPS) is 7.33. The van der Waals surface area contributed by atoms with Gasteiger partial charge in [-0.05, 0) is 0 Å². The van der Waals surface area contributed by atoms with Gasteiger partial charge in [0.25, 0.3) is 0 Å². The van der Waals surface area contributed by atoms with E-state index in [0.717, 1.165) is 0 Å². The van der Waals surface area contributed by atoms with E-state index in [9.17, 15) is 0 Å². The van der Waals surface area contributed by atoms with Gasteiger partial charge in [0.05, 0.1) is 5.09 Å². The Morgan fingerprint density at radius 2 is 1.07 bits per heavy atom. The Balaban J connectivity index is -0.0000000315. The number of hydrogen-bond acceptors (Lipinski definition) is 7. The standard InChI is InChI=1S/BO3.Ca.NO3.H3O4P.Zn/c2-1(3)4;;2-1(3)4;1-5(2,3)4;/h;;;(H3,1,2,3,4);/q-3;+2;-1;;+2. The Morgan fingerprint density at radius 3 is 1.07 bits per heavy atom. The number of rotatable bonds is 0. The fourth-order valence-electron chi connectivity index (χ4n) is 0. The van der Waals surface area contributed by atoms with Crippen LogP contribution in [0.4, 0.5) is 0 Å². The van der Waals surface area contributed by atoms with E-state index in [4.69, 9.17) is 49.6 Å². The molecular formula is H3BCaNO10PZn. The fraction of sp³-hybridized carbons (Fsp3) is 0. The third-order valence-corrected chi connectivity index (χ3v) is 0. The van der Waals surface area contributed by atoms with Crippen LogP contribution < -0.4 is 15.1 Å². The topological polar surface area (TPSA) is 213 Å². The van der Waals surface area contributed by atoms with Gasteiger partial charge in [0.2, 0.25) is 0 Å². The van der Waals surface area contributed by atoms with Crippen molar-refractivity contribution in [2.24, 2.45) is 0 Å². The molecule has 0 heterocycles. The summed E-state index contributed by atoms with van der Waals surface area (Å²) < 4.78 is 8.88. The molecule has 0 aromatic heterocycles. The minimum absolute atomic E-state index is 0. The second-order valence-corrected chi connectivity index (χ2v) is 2.05. The van der Waals surface area contributed by atoms with E-state index in [1.54, 1.807) is 0 Å². The summed E-state index contributed by atoms with van der Waals surface area (Å²) in [5.41, 5.74) is 0. The monoisotopic (exact) mass is 323 g/mol. The van der Waals surface area contributed by atoms with E-state index < -0.39 is 20.2 Å². The predicted molar refractivity (Wildman–Crippen MR) is 36.1 cm³/mol. The van der Waals surface area contributed by atoms with Gasteiger partial charge in [0.1, 0.15) is 0 Å². The van der Waals surface area contributed by atoms with Gasteiger partial charge in [-0.3, -0.25) is 7.32 Å². The van der Waals surface area contributed by atoms with Crippen molar-refractivity contribution >= 4 is 52.9 Å². The first-order chi connectivity index (χ1) is 5.46. The van der Waals surface area contributed by atoms with E-state index in [1.165, 1.54) is 0 Å². The van der Waals surface area contributed by atoms with Crippen molar-refractivity contribution in [2.75, 3.05) is 0 Å². The molecule has 0 unspecified atom stereocenters. The Kier molecular flexibility index (Phi) is 34.8. The molecule has 15 heavy (non-hydrogen) atoms. The Morgan fingerprint density at radius 1 is 1.07 bits per heavy atom. The van der Waals surface area contributed by atoms with Crippen LogP contribution >= 0.6 is 7.82 Å². The third-order valence-electron chi connectivity index (χ3n) is 0. The maximum absolute atomic E-state index is 8.88. The molecule has 11 nitrogen and oxygen atoms in total. The number of phosphoric acid groups is 1. The summed E-state index contributed by atoms with van der Waals surface area (Å²) in [4.78, 5) is 29.8. The summed E-state index contributed by atoms with van der Waals surface area (Å²) in [5.74, 6) is 0. The van der Waals surface area contributed by atoms with Crippen LogP contribution in [0.15, 0.2) is 0 Å². The first-order valence-corrected chi connectivity index (χ1v) is 3.60. The number of nitrogens with zero attached hydrogens (tertiary/aromatic N) is 1. The maximum atomic E-state index is 8.88. The molecule has 0 fully saturated rings. The molecule has 0 amide bonds. The van der Waals surface area contributed by atoms with E-state index >= 15 is 0 Å². The minimum atomic E-state index is -4.64. The Hall–Kier alpha value is 1.14. The summed E-state index contributed by atoms with van der Waals surface area (Å²) in [7, 11) is -7.56. The van der Waals surface area contributed by atoms with E-state index in [1.807, 2.05) is 0 Å². The van der Waals surface area contributed by atoms with Crippen molar-refractivity contribution in [1.29, 1.82) is 0 Å². The number of hydrogen-bond donors (Lipinski definition) is 3. The molecular weight excluding hydrogens is 321 g/mol. The zero-order chi connectivity index (χ0) is 11.7. The van der Waals surface area contributed by atoms with Gasteiger partial charge in [-0.25, -0.2) is 4.57 Å². The molecule has 0 rings (SSSR count). The van der Waals surface area contributed by atoms with Crippen molar-refractivity contribution in [3.05, 3.63) is 15.3 Å². The first kappa shape index (κ1) is 29.8. The van der Waals surface area contributed by atoms with E-state index in [-0.39, 0.29) is 57.2 Å². The molecule has 0 aliphatic heterocycles. The third kappa shape index (κ3) is 2020. The second-order valence-electron chi connectivity index (χ2n) is 1.03. The van der Waals surface area contributed by atoms with Crippen LogP contribution in [0, 0.1) is 15.3 Å². The van der Waals surface area contributed by atoms with Crippen LogP contribution in [-0.2, 0) is 24.0 Å².